The second-order valence-corrected chi connectivity index (χ2v) is 8.20. The molecule has 3 rings (SSSR count). The molecule has 35 heavy (non-hydrogen) atoms. The maximum atomic E-state index is 13.3. The number of halogens is 4. The number of nitro groups is 2. The maximum Gasteiger partial charge on any atom is 0.573 e. The average molecular weight is 536 g/mol. The van der Waals surface area contributed by atoms with Crippen LogP contribution in [0.15, 0.2) is 36.4 Å². The molecule has 0 fully saturated rings. The molecule has 188 valence electrons. The van der Waals surface area contributed by atoms with Crippen molar-refractivity contribution in [1.29, 1.82) is 0 Å². The van der Waals surface area contributed by atoms with Crippen LogP contribution in [0.2, 0.25) is 0 Å². The number of hydrogen-bond donors (Lipinski definition) is 0. The molecule has 0 unspecified atom stereocenters. The fourth-order valence-corrected chi connectivity index (χ4v) is 3.89. The van der Waals surface area contributed by atoms with E-state index in [-0.39, 0.29) is 29.6 Å². The summed E-state index contributed by atoms with van der Waals surface area (Å²) in [6, 6.07) is 6.07. The average Bonchev–Trinajstić information content (AvgIpc) is 3.14. The number of anilines is 1. The van der Waals surface area contributed by atoms with Gasteiger partial charge in [0, 0.05) is 31.3 Å². The molecule has 3 aromatic rings. The third kappa shape index (κ3) is 6.97. The van der Waals surface area contributed by atoms with E-state index in [9.17, 15) is 38.2 Å². The Bertz CT molecular complexity index is 1240. The highest BCUT2D eigenvalue weighted by atomic mass is 35.5. The van der Waals surface area contributed by atoms with Crippen molar-refractivity contribution in [2.75, 3.05) is 32.1 Å². The summed E-state index contributed by atoms with van der Waals surface area (Å²) in [5, 5.41) is 22.5. The predicted molar refractivity (Wildman–Crippen MR) is 124 cm³/mol. The molecule has 1 amide bonds. The van der Waals surface area contributed by atoms with Gasteiger partial charge in [0.15, 0.2) is 5.13 Å². The molecule has 0 aliphatic carbocycles. The van der Waals surface area contributed by atoms with Gasteiger partial charge in [0.05, 0.1) is 31.7 Å². The Morgan fingerprint density at radius 2 is 1.66 bits per heavy atom. The zero-order valence-electron chi connectivity index (χ0n) is 18.0. The number of fused-ring (bicyclic) bond motifs is 1. The summed E-state index contributed by atoms with van der Waals surface area (Å²) in [5.74, 6) is -1.25. The lowest BCUT2D eigenvalue weighted by Crippen LogP contribution is -2.36. The summed E-state index contributed by atoms with van der Waals surface area (Å²) in [5.41, 5.74) is -1.28. The van der Waals surface area contributed by atoms with Gasteiger partial charge in [-0.25, -0.2) is 4.98 Å². The third-order valence-electron chi connectivity index (χ3n) is 4.40. The lowest BCUT2D eigenvalue weighted by atomic mass is 10.1. The minimum Gasteiger partial charge on any atom is -0.406 e. The molecule has 1 heterocycles. The number of amides is 1. The van der Waals surface area contributed by atoms with Crippen LogP contribution < -0.4 is 9.64 Å². The Balaban J connectivity index is 0.00000432. The largest absolute Gasteiger partial charge is 0.573 e. The van der Waals surface area contributed by atoms with Gasteiger partial charge in [-0.15, -0.1) is 25.6 Å². The van der Waals surface area contributed by atoms with Crippen molar-refractivity contribution in [2.45, 2.75) is 6.36 Å². The van der Waals surface area contributed by atoms with E-state index in [1.807, 2.05) is 0 Å². The zero-order chi connectivity index (χ0) is 25.2. The van der Waals surface area contributed by atoms with Crippen LogP contribution in [0.4, 0.5) is 29.7 Å². The van der Waals surface area contributed by atoms with Crippen molar-refractivity contribution in [2.24, 2.45) is 0 Å². The number of hydrogen-bond acceptors (Lipinski definition) is 9. The van der Waals surface area contributed by atoms with E-state index in [1.54, 1.807) is 19.0 Å². The SMILES string of the molecule is CN(C)CCN(C(=O)c1cc([N+](=O)[O-])cc([N+](=O)[O-])c1)c1nc2ccc(OC(F)(F)F)cc2s1.Cl. The quantitative estimate of drug-likeness (QED) is 0.301. The van der Waals surface area contributed by atoms with E-state index in [0.717, 1.165) is 46.6 Å². The van der Waals surface area contributed by atoms with E-state index in [1.165, 1.54) is 6.07 Å². The van der Waals surface area contributed by atoms with Crippen molar-refractivity contribution in [3.05, 3.63) is 62.2 Å². The molecule has 11 nitrogen and oxygen atoms in total. The van der Waals surface area contributed by atoms with Crippen molar-refractivity contribution >= 4 is 56.4 Å². The smallest absolute Gasteiger partial charge is 0.406 e. The fourth-order valence-electron chi connectivity index (χ4n) is 2.87. The first-order valence-corrected chi connectivity index (χ1v) is 10.2. The van der Waals surface area contributed by atoms with Gasteiger partial charge in [-0.1, -0.05) is 11.3 Å². The number of ether oxygens (including phenoxy) is 1. The summed E-state index contributed by atoms with van der Waals surface area (Å²) >= 11 is 0.902. The number of rotatable bonds is 8. The van der Waals surface area contributed by atoms with Gasteiger partial charge in [-0.3, -0.25) is 29.9 Å². The van der Waals surface area contributed by atoms with Gasteiger partial charge in [0.2, 0.25) is 0 Å². The number of aromatic nitrogens is 1. The van der Waals surface area contributed by atoms with Crippen molar-refractivity contribution < 1.29 is 32.5 Å². The predicted octanol–water partition coefficient (Wildman–Crippen LogP) is 4.64. The standard InChI is InChI=1S/C19H16F3N5O6S.ClH/c1-24(2)5-6-25(17(28)11-7-12(26(29)30)9-13(8-11)27(31)32)18-23-15-4-3-14(10-16(15)34-18)33-19(20,21)22;/h3-4,7-10H,5-6H2,1-2H3;1H. The Morgan fingerprint density at radius 3 is 2.17 bits per heavy atom. The molecule has 1 aromatic heterocycles. The highest BCUT2D eigenvalue weighted by molar-refractivity contribution is 7.22. The molecule has 2 aromatic carbocycles. The van der Waals surface area contributed by atoms with Crippen LogP contribution in [0.25, 0.3) is 10.2 Å². The Hall–Kier alpha value is -3.56. The summed E-state index contributed by atoms with van der Waals surface area (Å²) in [4.78, 5) is 41.2. The Labute approximate surface area is 205 Å². The van der Waals surface area contributed by atoms with Crippen LogP contribution in [0.3, 0.4) is 0 Å². The molecule has 0 N–H and O–H groups in total. The van der Waals surface area contributed by atoms with Crippen molar-refractivity contribution in [3.8, 4) is 5.75 Å². The second-order valence-electron chi connectivity index (χ2n) is 7.19. The Morgan fingerprint density at radius 1 is 1.06 bits per heavy atom. The van der Waals surface area contributed by atoms with Crippen LogP contribution in [-0.2, 0) is 0 Å². The first-order valence-electron chi connectivity index (χ1n) is 9.41. The van der Waals surface area contributed by atoms with Crippen LogP contribution in [0.1, 0.15) is 10.4 Å². The van der Waals surface area contributed by atoms with Gasteiger partial charge in [0.25, 0.3) is 17.3 Å². The molecular weight excluding hydrogens is 519 g/mol. The molecule has 0 aliphatic rings. The summed E-state index contributed by atoms with van der Waals surface area (Å²) < 4.78 is 41.8. The number of nitro benzene ring substituents is 2. The molecule has 16 heteroatoms. The number of thiazole rings is 1. The molecule has 0 radical (unpaired) electrons. The minimum atomic E-state index is -4.88. The summed E-state index contributed by atoms with van der Waals surface area (Å²) in [6.45, 7) is 0.384. The monoisotopic (exact) mass is 535 g/mol. The maximum absolute atomic E-state index is 13.3. The number of nitrogens with zero attached hydrogens (tertiary/aromatic N) is 5. The highest BCUT2D eigenvalue weighted by Gasteiger charge is 2.31. The number of carbonyl (C=O) groups excluding carboxylic acids is 1. The van der Waals surface area contributed by atoms with Gasteiger partial charge in [0.1, 0.15) is 5.75 Å². The molecule has 0 atom stereocenters. The molecule has 0 saturated heterocycles. The number of likely N-dealkylation sites (N-methyl/N-ethyl adjacent to an activating group) is 1. The molecular formula is C19H17ClF3N5O6S. The van der Waals surface area contributed by atoms with Crippen molar-refractivity contribution in [1.82, 2.24) is 9.88 Å². The molecule has 0 saturated carbocycles. The normalized spacial score (nSPS) is 11.3. The Kier molecular flexibility index (Phi) is 8.54. The fraction of sp³-hybridized carbons (Fsp3) is 0.263. The first kappa shape index (κ1) is 27.7. The molecule has 0 bridgehead atoms. The molecule has 0 aliphatic heterocycles. The number of benzene rings is 2. The first-order chi connectivity index (χ1) is 15.8. The van der Waals surface area contributed by atoms with Gasteiger partial charge in [-0.05, 0) is 26.2 Å². The second kappa shape index (κ2) is 10.8. The minimum absolute atomic E-state index is 0. The van der Waals surface area contributed by atoms with Crippen LogP contribution >= 0.6 is 23.7 Å². The zero-order valence-corrected chi connectivity index (χ0v) is 19.6. The molecule has 0 spiro atoms. The third-order valence-corrected chi connectivity index (χ3v) is 5.44. The lowest BCUT2D eigenvalue weighted by Gasteiger charge is -2.22. The number of non-ortho nitro benzene ring substituents is 2. The van der Waals surface area contributed by atoms with E-state index >= 15 is 0 Å². The van der Waals surface area contributed by atoms with Crippen molar-refractivity contribution in [3.63, 3.8) is 0 Å². The van der Waals surface area contributed by atoms with Gasteiger partial charge in [-0.2, -0.15) is 0 Å². The van der Waals surface area contributed by atoms with E-state index in [0.29, 0.717) is 16.8 Å². The van der Waals surface area contributed by atoms with Crippen LogP contribution in [-0.4, -0.2) is 59.2 Å². The van der Waals surface area contributed by atoms with Crippen LogP contribution in [0, 0.1) is 20.2 Å². The summed E-state index contributed by atoms with van der Waals surface area (Å²) in [6.07, 6.45) is -4.88. The highest BCUT2D eigenvalue weighted by Crippen LogP contribution is 2.34. The van der Waals surface area contributed by atoms with E-state index < -0.39 is 39.2 Å². The number of alkyl halides is 3. The van der Waals surface area contributed by atoms with E-state index in [4.69, 9.17) is 0 Å². The summed E-state index contributed by atoms with van der Waals surface area (Å²) in [7, 11) is 3.47. The van der Waals surface area contributed by atoms with Gasteiger partial charge >= 0.3 is 6.36 Å². The number of carbonyl (C=O) groups is 1. The topological polar surface area (TPSA) is 132 Å². The van der Waals surface area contributed by atoms with Crippen LogP contribution in [0.5, 0.6) is 5.75 Å². The van der Waals surface area contributed by atoms with E-state index in [2.05, 4.69) is 9.72 Å². The lowest BCUT2D eigenvalue weighted by molar-refractivity contribution is -0.394. The van der Waals surface area contributed by atoms with Gasteiger partial charge < -0.3 is 9.64 Å².